The average molecular weight is 282 g/mol. The molecule has 0 aliphatic rings. The van der Waals surface area contributed by atoms with Gasteiger partial charge < -0.3 is 16.2 Å². The van der Waals surface area contributed by atoms with Gasteiger partial charge in [0.25, 0.3) is 5.91 Å². The van der Waals surface area contributed by atoms with E-state index in [1.54, 1.807) is 0 Å². The molecule has 5 nitrogen and oxygen atoms in total. The highest BCUT2D eigenvalue weighted by atomic mass is 19.1. The Bertz CT molecular complexity index is 477. The monoisotopic (exact) mass is 282 g/mol. The van der Waals surface area contributed by atoms with Crippen LogP contribution in [0.2, 0.25) is 0 Å². The first-order chi connectivity index (χ1) is 9.50. The molecule has 1 aromatic rings. The Hall–Kier alpha value is -2.11. The molecule has 0 saturated heterocycles. The SMILES string of the molecule is Nc1ccc(F)cc1C(=O)NCCCCCCC(=O)O. The van der Waals surface area contributed by atoms with E-state index < -0.39 is 17.7 Å². The smallest absolute Gasteiger partial charge is 0.303 e. The number of hydrogen-bond donors (Lipinski definition) is 3. The van der Waals surface area contributed by atoms with Gasteiger partial charge in [-0.05, 0) is 31.0 Å². The number of nitrogens with two attached hydrogens (primary N) is 1. The molecule has 0 aromatic heterocycles. The van der Waals surface area contributed by atoms with Gasteiger partial charge in [0.2, 0.25) is 0 Å². The number of halogens is 1. The molecule has 6 heteroatoms. The molecular weight excluding hydrogens is 263 g/mol. The fourth-order valence-corrected chi connectivity index (χ4v) is 1.78. The zero-order chi connectivity index (χ0) is 15.0. The molecule has 110 valence electrons. The largest absolute Gasteiger partial charge is 0.481 e. The normalized spacial score (nSPS) is 10.2. The van der Waals surface area contributed by atoms with Crippen molar-refractivity contribution in [3.8, 4) is 0 Å². The number of benzene rings is 1. The third-order valence-electron chi connectivity index (χ3n) is 2.86. The summed E-state index contributed by atoms with van der Waals surface area (Å²) in [5.74, 6) is -1.69. The van der Waals surface area contributed by atoms with Gasteiger partial charge in [0.05, 0.1) is 5.56 Å². The van der Waals surface area contributed by atoms with Crippen molar-refractivity contribution in [1.82, 2.24) is 5.32 Å². The molecule has 1 rings (SSSR count). The lowest BCUT2D eigenvalue weighted by atomic mass is 10.1. The number of amides is 1. The first-order valence-corrected chi connectivity index (χ1v) is 6.55. The first kappa shape index (κ1) is 15.9. The van der Waals surface area contributed by atoms with Crippen LogP contribution in [0.3, 0.4) is 0 Å². The lowest BCUT2D eigenvalue weighted by Crippen LogP contribution is -2.25. The van der Waals surface area contributed by atoms with Gasteiger partial charge in [-0.25, -0.2) is 4.39 Å². The highest BCUT2D eigenvalue weighted by molar-refractivity contribution is 5.99. The molecule has 4 N–H and O–H groups in total. The standard InChI is InChI=1S/C14H19FN2O3/c15-10-6-7-12(16)11(9-10)14(20)17-8-4-2-1-3-5-13(18)19/h6-7,9H,1-5,8,16H2,(H,17,20)(H,18,19). The summed E-state index contributed by atoms with van der Waals surface area (Å²) in [6.45, 7) is 0.460. The minimum absolute atomic E-state index is 0.135. The van der Waals surface area contributed by atoms with E-state index in [0.717, 1.165) is 25.3 Å². The van der Waals surface area contributed by atoms with Gasteiger partial charge in [0.15, 0.2) is 0 Å². The van der Waals surface area contributed by atoms with Gasteiger partial charge in [-0.15, -0.1) is 0 Å². The maximum absolute atomic E-state index is 13.0. The summed E-state index contributed by atoms with van der Waals surface area (Å²) in [5, 5.41) is 11.1. The quantitative estimate of drug-likeness (QED) is 0.503. The lowest BCUT2D eigenvalue weighted by Gasteiger charge is -2.07. The summed E-state index contributed by atoms with van der Waals surface area (Å²) in [6.07, 6.45) is 3.21. The molecule has 1 aromatic carbocycles. The molecule has 0 radical (unpaired) electrons. The molecule has 0 saturated carbocycles. The van der Waals surface area contributed by atoms with Crippen LogP contribution in [-0.2, 0) is 4.79 Å². The van der Waals surface area contributed by atoms with Crippen LogP contribution in [0.4, 0.5) is 10.1 Å². The van der Waals surface area contributed by atoms with Crippen molar-refractivity contribution in [2.45, 2.75) is 32.1 Å². The number of rotatable bonds is 8. The third-order valence-corrected chi connectivity index (χ3v) is 2.86. The summed E-state index contributed by atoms with van der Waals surface area (Å²) >= 11 is 0. The second kappa shape index (κ2) is 8.14. The van der Waals surface area contributed by atoms with E-state index in [0.29, 0.717) is 13.0 Å². The van der Waals surface area contributed by atoms with E-state index in [2.05, 4.69) is 5.32 Å². The molecule has 0 bridgehead atoms. The summed E-state index contributed by atoms with van der Waals surface area (Å²) in [7, 11) is 0. The molecule has 0 aliphatic carbocycles. The molecule has 0 spiro atoms. The number of carbonyl (C=O) groups excluding carboxylic acids is 1. The number of nitrogen functional groups attached to an aromatic ring is 1. The van der Waals surface area contributed by atoms with Gasteiger partial charge in [-0.2, -0.15) is 0 Å². The highest BCUT2D eigenvalue weighted by Crippen LogP contribution is 2.13. The zero-order valence-electron chi connectivity index (χ0n) is 11.2. The van der Waals surface area contributed by atoms with Gasteiger partial charge >= 0.3 is 5.97 Å². The second-order valence-corrected chi connectivity index (χ2v) is 4.55. The highest BCUT2D eigenvalue weighted by Gasteiger charge is 2.09. The average Bonchev–Trinajstić information content (AvgIpc) is 2.39. The lowest BCUT2D eigenvalue weighted by molar-refractivity contribution is -0.137. The number of aliphatic carboxylic acids is 1. The maximum Gasteiger partial charge on any atom is 0.303 e. The molecule has 0 unspecified atom stereocenters. The van der Waals surface area contributed by atoms with Gasteiger partial charge in [-0.3, -0.25) is 9.59 Å². The number of nitrogens with one attached hydrogen (secondary N) is 1. The Morgan fingerprint density at radius 2 is 1.90 bits per heavy atom. The molecule has 1 amide bonds. The second-order valence-electron chi connectivity index (χ2n) is 4.55. The van der Waals surface area contributed by atoms with Crippen LogP contribution >= 0.6 is 0 Å². The van der Waals surface area contributed by atoms with E-state index >= 15 is 0 Å². The van der Waals surface area contributed by atoms with E-state index in [1.165, 1.54) is 12.1 Å². The molecule has 0 heterocycles. The molecule has 20 heavy (non-hydrogen) atoms. The number of hydrogen-bond acceptors (Lipinski definition) is 3. The Morgan fingerprint density at radius 1 is 1.20 bits per heavy atom. The zero-order valence-corrected chi connectivity index (χ0v) is 11.2. The molecule has 0 fully saturated rings. The van der Waals surface area contributed by atoms with Crippen molar-refractivity contribution < 1.29 is 19.1 Å². The Kier molecular flexibility index (Phi) is 6.49. The number of carboxylic acids is 1. The molecule has 0 aliphatic heterocycles. The predicted molar refractivity (Wildman–Crippen MR) is 73.9 cm³/mol. The van der Waals surface area contributed by atoms with Gasteiger partial charge in [0, 0.05) is 18.7 Å². The fourth-order valence-electron chi connectivity index (χ4n) is 1.78. The minimum atomic E-state index is -0.792. The number of carbonyl (C=O) groups is 2. The first-order valence-electron chi connectivity index (χ1n) is 6.55. The van der Waals surface area contributed by atoms with Crippen LogP contribution in [0.15, 0.2) is 18.2 Å². The van der Waals surface area contributed by atoms with Crippen molar-refractivity contribution in [2.24, 2.45) is 0 Å². The topological polar surface area (TPSA) is 92.4 Å². The van der Waals surface area contributed by atoms with E-state index in [1.807, 2.05) is 0 Å². The van der Waals surface area contributed by atoms with E-state index in [4.69, 9.17) is 10.8 Å². The predicted octanol–water partition coefficient (Wildman–Crippen LogP) is 2.17. The number of unbranched alkanes of at least 4 members (excludes halogenated alkanes) is 3. The van der Waals surface area contributed by atoms with E-state index in [-0.39, 0.29) is 17.7 Å². The summed E-state index contributed by atoms with van der Waals surface area (Å²) in [4.78, 5) is 22.1. The van der Waals surface area contributed by atoms with Crippen molar-refractivity contribution in [1.29, 1.82) is 0 Å². The number of anilines is 1. The third kappa shape index (κ3) is 5.69. The van der Waals surface area contributed by atoms with Gasteiger partial charge in [0.1, 0.15) is 5.82 Å². The molecular formula is C14H19FN2O3. The van der Waals surface area contributed by atoms with Crippen LogP contribution in [-0.4, -0.2) is 23.5 Å². The summed E-state index contributed by atoms with van der Waals surface area (Å²) < 4.78 is 13.0. The van der Waals surface area contributed by atoms with Crippen molar-refractivity contribution >= 4 is 17.6 Å². The Balaban J connectivity index is 2.23. The van der Waals surface area contributed by atoms with Crippen LogP contribution in [0.1, 0.15) is 42.5 Å². The van der Waals surface area contributed by atoms with Crippen LogP contribution < -0.4 is 11.1 Å². The van der Waals surface area contributed by atoms with Crippen molar-refractivity contribution in [3.63, 3.8) is 0 Å². The van der Waals surface area contributed by atoms with E-state index in [9.17, 15) is 14.0 Å². The van der Waals surface area contributed by atoms with Crippen molar-refractivity contribution in [3.05, 3.63) is 29.6 Å². The summed E-state index contributed by atoms with van der Waals surface area (Å²) in [6, 6.07) is 3.67. The fraction of sp³-hybridized carbons (Fsp3) is 0.429. The van der Waals surface area contributed by atoms with Gasteiger partial charge in [-0.1, -0.05) is 12.8 Å². The summed E-state index contributed by atoms with van der Waals surface area (Å²) in [5.41, 5.74) is 5.98. The molecule has 0 atom stereocenters. The minimum Gasteiger partial charge on any atom is -0.481 e. The maximum atomic E-state index is 13.0. The van der Waals surface area contributed by atoms with Crippen LogP contribution in [0.25, 0.3) is 0 Å². The Morgan fingerprint density at radius 3 is 2.60 bits per heavy atom. The number of carboxylic acid groups (broad SMARTS) is 1. The van der Waals surface area contributed by atoms with Crippen LogP contribution in [0.5, 0.6) is 0 Å². The Labute approximate surface area is 117 Å². The van der Waals surface area contributed by atoms with Crippen LogP contribution in [0, 0.1) is 5.82 Å². The van der Waals surface area contributed by atoms with Crippen molar-refractivity contribution in [2.75, 3.05) is 12.3 Å².